The average molecular weight is 279 g/mol. The Bertz CT molecular complexity index is 309. The van der Waals surface area contributed by atoms with Crippen LogP contribution < -0.4 is 5.32 Å². The fourth-order valence-electron chi connectivity index (χ4n) is 1.22. The smallest absolute Gasteiger partial charge is 0.321 e. The molecule has 104 valence electrons. The van der Waals surface area contributed by atoms with E-state index in [1.54, 1.807) is 6.92 Å². The Balaban J connectivity index is 3.96. The Morgan fingerprint density at radius 2 is 1.78 bits per heavy atom. The maximum atomic E-state index is 10.7. The second-order valence-corrected chi connectivity index (χ2v) is 4.86. The van der Waals surface area contributed by atoms with E-state index in [1.807, 2.05) is 0 Å². The van der Waals surface area contributed by atoms with Crippen molar-refractivity contribution in [1.29, 1.82) is 0 Å². The van der Waals surface area contributed by atoms with Gasteiger partial charge in [0.2, 0.25) is 0 Å². The standard InChI is InChI=1S/C10H17NO6S/c1-2-7(10(16)17)18-4-3-11-6(9(14)15)5-8(12)13/h6-7,11H,2-5H2,1H3,(H,12,13)(H,14,15)(H,16,17)/t6-,7-/m0/s1. The molecular formula is C10H17NO6S. The van der Waals surface area contributed by atoms with E-state index < -0.39 is 35.6 Å². The van der Waals surface area contributed by atoms with Gasteiger partial charge in [-0.1, -0.05) is 6.92 Å². The summed E-state index contributed by atoms with van der Waals surface area (Å²) in [5.41, 5.74) is 0. The molecule has 0 spiro atoms. The molecule has 0 aliphatic carbocycles. The van der Waals surface area contributed by atoms with Crippen LogP contribution in [0, 0.1) is 0 Å². The van der Waals surface area contributed by atoms with Crippen molar-refractivity contribution < 1.29 is 29.7 Å². The van der Waals surface area contributed by atoms with Gasteiger partial charge in [0.15, 0.2) is 0 Å². The molecule has 0 saturated carbocycles. The summed E-state index contributed by atoms with van der Waals surface area (Å²) in [5, 5.41) is 28.1. The Morgan fingerprint density at radius 1 is 1.17 bits per heavy atom. The van der Waals surface area contributed by atoms with E-state index in [2.05, 4.69) is 5.32 Å². The predicted molar refractivity (Wildman–Crippen MR) is 65.9 cm³/mol. The molecule has 0 bridgehead atoms. The SMILES string of the molecule is CC[C@H](SCCN[C@@H](CC(=O)O)C(=O)O)C(=O)O. The highest BCUT2D eigenvalue weighted by atomic mass is 32.2. The number of rotatable bonds is 10. The molecule has 2 atom stereocenters. The molecule has 0 radical (unpaired) electrons. The van der Waals surface area contributed by atoms with Gasteiger partial charge in [0, 0.05) is 12.3 Å². The minimum absolute atomic E-state index is 0.249. The molecular weight excluding hydrogens is 262 g/mol. The third kappa shape index (κ3) is 7.13. The first-order valence-electron chi connectivity index (χ1n) is 5.40. The van der Waals surface area contributed by atoms with Crippen LogP contribution in [-0.4, -0.2) is 56.8 Å². The number of carbonyl (C=O) groups is 3. The van der Waals surface area contributed by atoms with Crippen LogP contribution in [0.25, 0.3) is 0 Å². The Hall–Kier alpha value is -1.28. The van der Waals surface area contributed by atoms with Gasteiger partial charge in [0.25, 0.3) is 0 Å². The first-order valence-corrected chi connectivity index (χ1v) is 6.45. The van der Waals surface area contributed by atoms with E-state index in [4.69, 9.17) is 15.3 Å². The molecule has 0 amide bonds. The van der Waals surface area contributed by atoms with Crippen LogP contribution >= 0.6 is 11.8 Å². The van der Waals surface area contributed by atoms with E-state index >= 15 is 0 Å². The maximum absolute atomic E-state index is 10.7. The minimum atomic E-state index is -1.23. The lowest BCUT2D eigenvalue weighted by molar-refractivity contribution is -0.145. The molecule has 0 saturated heterocycles. The van der Waals surface area contributed by atoms with Gasteiger partial charge in [-0.25, -0.2) is 0 Å². The number of thioether (sulfide) groups is 1. The van der Waals surface area contributed by atoms with Crippen LogP contribution in [0.5, 0.6) is 0 Å². The Labute approximate surface area is 109 Å². The molecule has 4 N–H and O–H groups in total. The van der Waals surface area contributed by atoms with Crippen molar-refractivity contribution in [1.82, 2.24) is 5.32 Å². The number of carboxylic acids is 3. The monoisotopic (exact) mass is 279 g/mol. The van der Waals surface area contributed by atoms with Gasteiger partial charge in [0.1, 0.15) is 11.3 Å². The summed E-state index contributed by atoms with van der Waals surface area (Å²) < 4.78 is 0. The Morgan fingerprint density at radius 3 is 2.17 bits per heavy atom. The minimum Gasteiger partial charge on any atom is -0.481 e. The highest BCUT2D eigenvalue weighted by molar-refractivity contribution is 8.00. The quantitative estimate of drug-likeness (QED) is 0.415. The Kier molecular flexibility index (Phi) is 8.14. The van der Waals surface area contributed by atoms with Crippen molar-refractivity contribution in [3.63, 3.8) is 0 Å². The normalized spacial score (nSPS) is 13.8. The zero-order chi connectivity index (χ0) is 14.1. The molecule has 0 heterocycles. The molecule has 0 unspecified atom stereocenters. The summed E-state index contributed by atoms with van der Waals surface area (Å²) in [6, 6.07) is -1.15. The number of hydrogen-bond acceptors (Lipinski definition) is 5. The summed E-state index contributed by atoms with van der Waals surface area (Å²) >= 11 is 1.20. The second-order valence-electron chi connectivity index (χ2n) is 3.55. The zero-order valence-corrected chi connectivity index (χ0v) is 10.8. The van der Waals surface area contributed by atoms with Crippen LogP contribution in [0.1, 0.15) is 19.8 Å². The molecule has 0 aromatic heterocycles. The van der Waals surface area contributed by atoms with E-state index in [0.717, 1.165) is 0 Å². The van der Waals surface area contributed by atoms with Crippen LogP contribution in [0.4, 0.5) is 0 Å². The van der Waals surface area contributed by atoms with Gasteiger partial charge in [-0.05, 0) is 6.42 Å². The van der Waals surface area contributed by atoms with Crippen molar-refractivity contribution in [3.8, 4) is 0 Å². The van der Waals surface area contributed by atoms with E-state index in [0.29, 0.717) is 12.2 Å². The van der Waals surface area contributed by atoms with Crippen LogP contribution in [0.3, 0.4) is 0 Å². The third-order valence-corrected chi connectivity index (χ3v) is 3.51. The molecule has 0 aliphatic rings. The molecule has 0 rings (SSSR count). The van der Waals surface area contributed by atoms with Crippen LogP contribution in [0.2, 0.25) is 0 Å². The van der Waals surface area contributed by atoms with Gasteiger partial charge in [-0.3, -0.25) is 14.4 Å². The van der Waals surface area contributed by atoms with Crippen molar-refractivity contribution >= 4 is 29.7 Å². The largest absolute Gasteiger partial charge is 0.481 e. The van der Waals surface area contributed by atoms with Crippen molar-refractivity contribution in [3.05, 3.63) is 0 Å². The number of hydrogen-bond donors (Lipinski definition) is 4. The number of nitrogens with one attached hydrogen (secondary N) is 1. The van der Waals surface area contributed by atoms with Crippen molar-refractivity contribution in [2.45, 2.75) is 31.1 Å². The summed E-state index contributed by atoms with van der Waals surface area (Å²) in [6.07, 6.45) is -0.0202. The van der Waals surface area contributed by atoms with Crippen molar-refractivity contribution in [2.75, 3.05) is 12.3 Å². The highest BCUT2D eigenvalue weighted by Crippen LogP contribution is 2.13. The first kappa shape index (κ1) is 16.7. The summed E-state index contributed by atoms with van der Waals surface area (Å²) in [7, 11) is 0. The number of aliphatic carboxylic acids is 3. The summed E-state index contributed by atoms with van der Waals surface area (Å²) in [6.45, 7) is 2.00. The van der Waals surface area contributed by atoms with Crippen LogP contribution in [-0.2, 0) is 14.4 Å². The van der Waals surface area contributed by atoms with Gasteiger partial charge in [-0.15, -0.1) is 11.8 Å². The lowest BCUT2D eigenvalue weighted by Crippen LogP contribution is -2.39. The summed E-state index contributed by atoms with van der Waals surface area (Å²) in [4.78, 5) is 31.8. The van der Waals surface area contributed by atoms with Crippen molar-refractivity contribution in [2.24, 2.45) is 0 Å². The van der Waals surface area contributed by atoms with Crippen LogP contribution in [0.15, 0.2) is 0 Å². The number of carboxylic acid groups (broad SMARTS) is 3. The average Bonchev–Trinajstić information content (AvgIpc) is 2.26. The van der Waals surface area contributed by atoms with E-state index in [-0.39, 0.29) is 6.54 Å². The molecule has 0 fully saturated rings. The van der Waals surface area contributed by atoms with E-state index in [9.17, 15) is 14.4 Å². The molecule has 0 aromatic rings. The molecule has 18 heavy (non-hydrogen) atoms. The summed E-state index contributed by atoms with van der Waals surface area (Å²) in [5.74, 6) is -2.91. The molecule has 8 heteroatoms. The predicted octanol–water partition coefficient (Wildman–Crippen LogP) is 0.100. The van der Waals surface area contributed by atoms with Gasteiger partial charge in [-0.2, -0.15) is 0 Å². The molecule has 7 nitrogen and oxygen atoms in total. The lowest BCUT2D eigenvalue weighted by Gasteiger charge is -2.13. The lowest BCUT2D eigenvalue weighted by atomic mass is 10.2. The fourth-order valence-corrected chi connectivity index (χ4v) is 2.12. The second kappa shape index (κ2) is 8.76. The third-order valence-electron chi connectivity index (χ3n) is 2.13. The maximum Gasteiger partial charge on any atom is 0.321 e. The topological polar surface area (TPSA) is 124 Å². The van der Waals surface area contributed by atoms with E-state index in [1.165, 1.54) is 11.8 Å². The first-order chi connectivity index (χ1) is 8.38. The highest BCUT2D eigenvalue weighted by Gasteiger charge is 2.20. The van der Waals surface area contributed by atoms with Gasteiger partial charge < -0.3 is 20.6 Å². The molecule has 0 aromatic carbocycles. The van der Waals surface area contributed by atoms with Gasteiger partial charge >= 0.3 is 17.9 Å². The fraction of sp³-hybridized carbons (Fsp3) is 0.700. The molecule has 0 aliphatic heterocycles. The van der Waals surface area contributed by atoms with Gasteiger partial charge in [0.05, 0.1) is 6.42 Å². The zero-order valence-electron chi connectivity index (χ0n) is 9.96.